The van der Waals surface area contributed by atoms with E-state index in [1.54, 1.807) is 24.3 Å². The lowest BCUT2D eigenvalue weighted by Gasteiger charge is -2.13. The molecule has 0 bridgehead atoms. The Kier molecular flexibility index (Phi) is 5.11. The van der Waals surface area contributed by atoms with E-state index in [2.05, 4.69) is 20.8 Å². The number of rotatable bonds is 6. The Morgan fingerprint density at radius 1 is 1.26 bits per heavy atom. The average Bonchev–Trinajstić information content (AvgIpc) is 3.11. The fourth-order valence-corrected chi connectivity index (χ4v) is 2.92. The molecule has 1 fully saturated rings. The van der Waals surface area contributed by atoms with Gasteiger partial charge in [0.05, 0.1) is 24.9 Å². The second-order valence-electron chi connectivity index (χ2n) is 6.27. The van der Waals surface area contributed by atoms with Gasteiger partial charge in [0.15, 0.2) is 0 Å². The summed E-state index contributed by atoms with van der Waals surface area (Å²) in [5.74, 6) is -0.173. The normalized spacial score (nSPS) is 16.4. The highest BCUT2D eigenvalue weighted by molar-refractivity contribution is 6.22. The van der Waals surface area contributed by atoms with Crippen LogP contribution in [0.2, 0.25) is 0 Å². The number of carbonyl (C=O) groups excluding carboxylic acids is 3. The van der Waals surface area contributed by atoms with Crippen LogP contribution in [0.3, 0.4) is 0 Å². The second kappa shape index (κ2) is 7.48. The predicted molar refractivity (Wildman–Crippen MR) is 97.3 cm³/mol. The minimum Gasteiger partial charge on any atom is -0.497 e. The lowest BCUT2D eigenvalue weighted by Crippen LogP contribution is -2.36. The van der Waals surface area contributed by atoms with Crippen molar-refractivity contribution < 1.29 is 19.1 Å². The van der Waals surface area contributed by atoms with Crippen molar-refractivity contribution in [2.75, 3.05) is 12.0 Å². The van der Waals surface area contributed by atoms with Crippen molar-refractivity contribution in [2.24, 2.45) is 0 Å². The number of ether oxygens (including phenoxy) is 1. The number of hydrogen-bond donors (Lipinski definition) is 3. The maximum absolute atomic E-state index is 12.6. The van der Waals surface area contributed by atoms with E-state index in [0.717, 1.165) is 21.9 Å². The number of aromatic nitrogens is 2. The largest absolute Gasteiger partial charge is 0.497 e. The minimum atomic E-state index is -0.897. The van der Waals surface area contributed by atoms with Crippen LogP contribution in [0.5, 0.6) is 5.75 Å². The van der Waals surface area contributed by atoms with Gasteiger partial charge in [-0.1, -0.05) is 0 Å². The molecule has 1 aromatic carbocycles. The monoisotopic (exact) mass is 371 g/mol. The molecule has 0 unspecified atom stereocenters. The van der Waals surface area contributed by atoms with E-state index < -0.39 is 18.0 Å². The van der Waals surface area contributed by atoms with Crippen LogP contribution in [0.15, 0.2) is 24.3 Å². The number of anilines is 1. The zero-order valence-corrected chi connectivity index (χ0v) is 15.3. The van der Waals surface area contributed by atoms with E-state index in [1.165, 1.54) is 7.11 Å². The minimum absolute atomic E-state index is 0.132. The van der Waals surface area contributed by atoms with Crippen molar-refractivity contribution in [3.63, 3.8) is 0 Å². The summed E-state index contributed by atoms with van der Waals surface area (Å²) in [6.45, 7) is 4.03. The maximum atomic E-state index is 12.6. The van der Waals surface area contributed by atoms with Gasteiger partial charge in [-0.2, -0.15) is 5.10 Å². The van der Waals surface area contributed by atoms with Gasteiger partial charge >= 0.3 is 6.03 Å². The van der Waals surface area contributed by atoms with E-state index in [1.807, 2.05) is 13.8 Å². The van der Waals surface area contributed by atoms with Crippen molar-refractivity contribution >= 4 is 23.5 Å². The van der Waals surface area contributed by atoms with E-state index in [4.69, 9.17) is 4.74 Å². The Bertz CT molecular complexity index is 855. The number of aromatic amines is 1. The Hall–Kier alpha value is -3.36. The number of urea groups is 1. The van der Waals surface area contributed by atoms with Gasteiger partial charge in [-0.05, 0) is 38.1 Å². The summed E-state index contributed by atoms with van der Waals surface area (Å²) in [6, 6.07) is 5.10. The number of benzene rings is 1. The van der Waals surface area contributed by atoms with Gasteiger partial charge in [-0.3, -0.25) is 14.7 Å². The maximum Gasteiger partial charge on any atom is 0.329 e. The number of nitrogens with one attached hydrogen (secondary N) is 3. The molecule has 0 radical (unpaired) electrons. The van der Waals surface area contributed by atoms with Crippen LogP contribution >= 0.6 is 0 Å². The molecule has 4 amide bonds. The van der Waals surface area contributed by atoms with Crippen LogP contribution in [0.25, 0.3) is 0 Å². The number of aryl methyl sites for hydroxylation is 2. The summed E-state index contributed by atoms with van der Waals surface area (Å²) in [4.78, 5) is 38.0. The third-order valence-corrected chi connectivity index (χ3v) is 4.48. The van der Waals surface area contributed by atoms with Gasteiger partial charge in [-0.15, -0.1) is 0 Å². The van der Waals surface area contributed by atoms with Crippen molar-refractivity contribution in [2.45, 2.75) is 32.9 Å². The molecule has 9 nitrogen and oxygen atoms in total. The van der Waals surface area contributed by atoms with Gasteiger partial charge in [0, 0.05) is 17.8 Å². The molecule has 3 rings (SSSR count). The van der Waals surface area contributed by atoms with Gasteiger partial charge < -0.3 is 15.4 Å². The molecule has 0 aliphatic carbocycles. The molecule has 1 saturated heterocycles. The molecular weight excluding hydrogens is 350 g/mol. The third-order valence-electron chi connectivity index (χ3n) is 4.48. The molecule has 2 heterocycles. The van der Waals surface area contributed by atoms with Crippen molar-refractivity contribution in [3.05, 3.63) is 41.2 Å². The molecule has 27 heavy (non-hydrogen) atoms. The number of nitrogens with zero attached hydrogens (tertiary/aromatic N) is 2. The van der Waals surface area contributed by atoms with Gasteiger partial charge in [-0.25, -0.2) is 9.69 Å². The van der Waals surface area contributed by atoms with Crippen LogP contribution < -0.4 is 20.3 Å². The Balaban J connectivity index is 1.61. The molecule has 2 aromatic rings. The molecule has 142 valence electrons. The number of hydrogen-bond acceptors (Lipinski definition) is 5. The Morgan fingerprint density at radius 2 is 1.96 bits per heavy atom. The smallest absolute Gasteiger partial charge is 0.329 e. The van der Waals surface area contributed by atoms with Gasteiger partial charge in [0.2, 0.25) is 5.91 Å². The zero-order valence-electron chi connectivity index (χ0n) is 15.3. The number of H-pyrrole nitrogens is 1. The highest BCUT2D eigenvalue weighted by Gasteiger charge is 2.40. The number of methoxy groups -OCH3 is 1. The summed E-state index contributed by atoms with van der Waals surface area (Å²) in [5.41, 5.74) is 3.02. The fraction of sp³-hybridized carbons (Fsp3) is 0.333. The third kappa shape index (κ3) is 3.76. The van der Waals surface area contributed by atoms with E-state index >= 15 is 0 Å². The Morgan fingerprint density at radius 3 is 2.56 bits per heavy atom. The van der Waals surface area contributed by atoms with Crippen LogP contribution in [0.4, 0.5) is 10.5 Å². The molecule has 1 atom stereocenters. The molecule has 1 aromatic heterocycles. The van der Waals surface area contributed by atoms with Crippen LogP contribution in [0.1, 0.15) is 23.4 Å². The molecule has 1 aliphatic heterocycles. The van der Waals surface area contributed by atoms with Crippen molar-refractivity contribution in [3.8, 4) is 5.75 Å². The first-order chi connectivity index (χ1) is 12.9. The number of imide groups is 1. The molecule has 0 spiro atoms. The molecule has 1 aliphatic rings. The first-order valence-corrected chi connectivity index (χ1v) is 8.46. The zero-order chi connectivity index (χ0) is 19.6. The summed E-state index contributed by atoms with van der Waals surface area (Å²) in [7, 11) is 1.53. The van der Waals surface area contributed by atoms with Crippen LogP contribution in [0, 0.1) is 13.8 Å². The van der Waals surface area contributed by atoms with Crippen LogP contribution in [-0.2, 0) is 16.1 Å². The Labute approximate surface area is 156 Å². The topological polar surface area (TPSA) is 116 Å². The van der Waals surface area contributed by atoms with Crippen molar-refractivity contribution in [1.82, 2.24) is 20.8 Å². The summed E-state index contributed by atoms with van der Waals surface area (Å²) in [5, 5.41) is 12.2. The molecule has 3 N–H and O–H groups in total. The number of amides is 4. The van der Waals surface area contributed by atoms with Crippen LogP contribution in [-0.4, -0.2) is 41.2 Å². The highest BCUT2D eigenvalue weighted by atomic mass is 16.5. The van der Waals surface area contributed by atoms with E-state index in [-0.39, 0.29) is 12.3 Å². The van der Waals surface area contributed by atoms with E-state index in [9.17, 15) is 14.4 Å². The fourth-order valence-electron chi connectivity index (χ4n) is 2.92. The summed E-state index contributed by atoms with van der Waals surface area (Å²) in [6.07, 6.45) is -0.132. The summed E-state index contributed by atoms with van der Waals surface area (Å²) >= 11 is 0. The molecule has 9 heteroatoms. The first-order valence-electron chi connectivity index (χ1n) is 8.46. The van der Waals surface area contributed by atoms with E-state index in [0.29, 0.717) is 18.0 Å². The standard InChI is InChI=1S/C18H21N5O4/c1-10-14(11(2)22-21-10)9-19-16(24)8-15-17(25)23(18(26)20-15)12-4-6-13(27-3)7-5-12/h4-7,15H,8-9H2,1-3H3,(H,19,24)(H,20,26)(H,21,22)/t15-/m1/s1. The van der Waals surface area contributed by atoms with Gasteiger partial charge in [0.1, 0.15) is 11.8 Å². The predicted octanol–water partition coefficient (Wildman–Crippen LogP) is 1.17. The SMILES string of the molecule is COc1ccc(N2C(=O)N[C@H](CC(=O)NCc3c(C)n[nH]c3C)C2=O)cc1. The highest BCUT2D eigenvalue weighted by Crippen LogP contribution is 2.23. The first kappa shape index (κ1) is 18.4. The lowest BCUT2D eigenvalue weighted by molar-refractivity contribution is -0.125. The second-order valence-corrected chi connectivity index (χ2v) is 6.27. The van der Waals surface area contributed by atoms with Gasteiger partial charge in [0.25, 0.3) is 5.91 Å². The molecule has 0 saturated carbocycles. The average molecular weight is 371 g/mol. The number of carbonyl (C=O) groups is 3. The lowest BCUT2D eigenvalue weighted by atomic mass is 10.1. The summed E-state index contributed by atoms with van der Waals surface area (Å²) < 4.78 is 5.07. The molecular formula is C18H21N5O4. The quantitative estimate of drug-likeness (QED) is 0.659. The van der Waals surface area contributed by atoms with Crippen molar-refractivity contribution in [1.29, 1.82) is 0 Å².